The second kappa shape index (κ2) is 7.84. The Balaban J connectivity index is 0.00000176. The van der Waals surface area contributed by atoms with Gasteiger partial charge in [-0.05, 0) is 24.8 Å². The van der Waals surface area contributed by atoms with E-state index in [9.17, 15) is 4.79 Å². The molecule has 2 heterocycles. The molecule has 0 bridgehead atoms. The molecule has 0 aliphatic carbocycles. The van der Waals surface area contributed by atoms with Crippen LogP contribution in [0.1, 0.15) is 24.8 Å². The quantitative estimate of drug-likeness (QED) is 0.927. The van der Waals surface area contributed by atoms with Gasteiger partial charge in [0.2, 0.25) is 5.91 Å². The van der Waals surface area contributed by atoms with Crippen molar-refractivity contribution in [1.82, 2.24) is 10.2 Å². The second-order valence-electron chi connectivity index (χ2n) is 6.06. The van der Waals surface area contributed by atoms with Crippen LogP contribution in [-0.2, 0) is 11.2 Å². The van der Waals surface area contributed by atoms with Crippen LogP contribution in [0.15, 0.2) is 24.3 Å². The third-order valence-corrected chi connectivity index (χ3v) is 4.78. The predicted molar refractivity (Wildman–Crippen MR) is 89.7 cm³/mol. The summed E-state index contributed by atoms with van der Waals surface area (Å²) < 4.78 is 5.36. The summed E-state index contributed by atoms with van der Waals surface area (Å²) >= 11 is 0. The van der Waals surface area contributed by atoms with Crippen LogP contribution in [0.25, 0.3) is 0 Å². The number of hydrogen-bond acceptors (Lipinski definition) is 3. The van der Waals surface area contributed by atoms with E-state index in [-0.39, 0.29) is 18.3 Å². The van der Waals surface area contributed by atoms with E-state index in [0.717, 1.165) is 37.4 Å². The molecule has 4 nitrogen and oxygen atoms in total. The molecule has 1 aromatic carbocycles. The number of nitrogens with one attached hydrogen (secondary N) is 1. The molecule has 0 saturated carbocycles. The van der Waals surface area contributed by atoms with Crippen LogP contribution < -0.4 is 10.1 Å². The van der Waals surface area contributed by atoms with Crippen LogP contribution >= 0.6 is 12.4 Å². The molecule has 122 valence electrons. The number of methoxy groups -OCH3 is 1. The minimum absolute atomic E-state index is 0. The first kappa shape index (κ1) is 17.1. The monoisotopic (exact) mass is 324 g/mol. The van der Waals surface area contributed by atoms with Crippen LogP contribution in [0.2, 0.25) is 0 Å². The average molecular weight is 325 g/mol. The number of amides is 1. The number of carbonyl (C=O) groups excluding carboxylic acids is 1. The molecule has 1 amide bonds. The van der Waals surface area contributed by atoms with Crippen molar-refractivity contribution in [3.8, 4) is 5.75 Å². The summed E-state index contributed by atoms with van der Waals surface area (Å²) in [5.41, 5.74) is 0.983. The van der Waals surface area contributed by atoms with Gasteiger partial charge in [-0.1, -0.05) is 24.6 Å². The maximum atomic E-state index is 12.8. The third-order valence-electron chi connectivity index (χ3n) is 4.78. The maximum Gasteiger partial charge on any atom is 0.227 e. The molecule has 2 saturated heterocycles. The fourth-order valence-corrected chi connectivity index (χ4v) is 3.66. The van der Waals surface area contributed by atoms with Gasteiger partial charge in [-0.25, -0.2) is 0 Å². The third kappa shape index (κ3) is 3.55. The van der Waals surface area contributed by atoms with E-state index in [1.165, 1.54) is 12.8 Å². The van der Waals surface area contributed by atoms with Gasteiger partial charge >= 0.3 is 0 Å². The lowest BCUT2D eigenvalue weighted by atomic mass is 9.98. The molecule has 2 atom stereocenters. The number of carbonyl (C=O) groups is 1. The molecule has 3 rings (SSSR count). The topological polar surface area (TPSA) is 41.6 Å². The van der Waals surface area contributed by atoms with Crippen molar-refractivity contribution in [2.45, 2.75) is 31.7 Å². The minimum atomic E-state index is 0. The lowest BCUT2D eigenvalue weighted by Gasteiger charge is -2.30. The molecule has 2 aliphatic heterocycles. The summed E-state index contributed by atoms with van der Waals surface area (Å²) in [4.78, 5) is 14.9. The fraction of sp³-hybridized carbons (Fsp3) is 0.588. The Morgan fingerprint density at radius 1 is 1.32 bits per heavy atom. The van der Waals surface area contributed by atoms with Gasteiger partial charge in [0.1, 0.15) is 5.75 Å². The smallest absolute Gasteiger partial charge is 0.227 e. The van der Waals surface area contributed by atoms with E-state index < -0.39 is 0 Å². The summed E-state index contributed by atoms with van der Waals surface area (Å²) in [6.07, 6.45) is 4.05. The molecule has 2 unspecified atom stereocenters. The molecule has 0 aromatic heterocycles. The van der Waals surface area contributed by atoms with E-state index in [4.69, 9.17) is 4.74 Å². The summed E-state index contributed by atoms with van der Waals surface area (Å²) in [7, 11) is 1.66. The number of halogens is 1. The van der Waals surface area contributed by atoms with Gasteiger partial charge in [0.05, 0.1) is 13.5 Å². The first-order valence-electron chi connectivity index (χ1n) is 7.91. The van der Waals surface area contributed by atoms with Gasteiger partial charge < -0.3 is 15.0 Å². The number of fused-ring (bicyclic) bond motifs is 1. The van der Waals surface area contributed by atoms with Crippen molar-refractivity contribution in [1.29, 1.82) is 0 Å². The van der Waals surface area contributed by atoms with Crippen LogP contribution in [-0.4, -0.2) is 43.6 Å². The van der Waals surface area contributed by atoms with Gasteiger partial charge in [0.25, 0.3) is 0 Å². The van der Waals surface area contributed by atoms with Crippen molar-refractivity contribution in [3.05, 3.63) is 29.8 Å². The van der Waals surface area contributed by atoms with Crippen molar-refractivity contribution in [2.24, 2.45) is 5.92 Å². The largest absolute Gasteiger partial charge is 0.496 e. The molecule has 5 heteroatoms. The highest BCUT2D eigenvalue weighted by atomic mass is 35.5. The summed E-state index contributed by atoms with van der Waals surface area (Å²) in [5.74, 6) is 1.68. The standard InChI is InChI=1S/C17H24N2O2.ClH/c1-21-16-8-3-2-6-13(16)10-17(20)19-9-5-4-7-14-11-18-12-15(14)19;/h2-3,6,8,14-15,18H,4-5,7,9-12H2,1H3;1H. The number of ether oxygens (including phenoxy) is 1. The van der Waals surface area contributed by atoms with Crippen LogP contribution in [0.5, 0.6) is 5.75 Å². The molecule has 2 aliphatic rings. The first-order chi connectivity index (χ1) is 10.3. The number of likely N-dealkylation sites (tertiary alicyclic amines) is 1. The highest BCUT2D eigenvalue weighted by Gasteiger charge is 2.35. The SMILES string of the molecule is COc1ccccc1CC(=O)N1CCCCC2CNCC21.Cl. The molecule has 0 spiro atoms. The van der Waals surface area contributed by atoms with E-state index in [1.54, 1.807) is 7.11 Å². The lowest BCUT2D eigenvalue weighted by molar-refractivity contribution is -0.133. The summed E-state index contributed by atoms with van der Waals surface area (Å²) in [5, 5.41) is 3.44. The second-order valence-corrected chi connectivity index (χ2v) is 6.06. The van der Waals surface area contributed by atoms with Gasteiger partial charge in [-0.3, -0.25) is 4.79 Å². The van der Waals surface area contributed by atoms with Gasteiger partial charge in [-0.15, -0.1) is 12.4 Å². The number of benzene rings is 1. The highest BCUT2D eigenvalue weighted by molar-refractivity contribution is 5.85. The highest BCUT2D eigenvalue weighted by Crippen LogP contribution is 2.27. The Bertz CT molecular complexity index is 509. The van der Waals surface area contributed by atoms with Crippen LogP contribution in [0, 0.1) is 5.92 Å². The average Bonchev–Trinajstić information content (AvgIpc) is 2.87. The summed E-state index contributed by atoms with van der Waals surface area (Å²) in [6, 6.07) is 8.20. The van der Waals surface area contributed by atoms with Gasteiger partial charge in [0.15, 0.2) is 0 Å². The van der Waals surface area contributed by atoms with Crippen LogP contribution in [0.4, 0.5) is 0 Å². The van der Waals surface area contributed by atoms with E-state index in [1.807, 2.05) is 24.3 Å². The number of rotatable bonds is 3. The zero-order valence-electron chi connectivity index (χ0n) is 13.1. The van der Waals surface area contributed by atoms with E-state index >= 15 is 0 Å². The normalized spacial score (nSPS) is 24.1. The zero-order valence-corrected chi connectivity index (χ0v) is 13.9. The molecule has 0 radical (unpaired) electrons. The van der Waals surface area contributed by atoms with E-state index in [0.29, 0.717) is 18.4 Å². The maximum absolute atomic E-state index is 12.8. The Kier molecular flexibility index (Phi) is 6.09. The Morgan fingerprint density at radius 3 is 2.95 bits per heavy atom. The Labute approximate surface area is 138 Å². The predicted octanol–water partition coefficient (Wildman–Crippen LogP) is 2.26. The summed E-state index contributed by atoms with van der Waals surface area (Å²) in [6.45, 7) is 2.91. The molecule has 2 fully saturated rings. The molecule has 1 N–H and O–H groups in total. The minimum Gasteiger partial charge on any atom is -0.496 e. The number of nitrogens with zero attached hydrogens (tertiary/aromatic N) is 1. The number of para-hydroxylation sites is 1. The molecule has 22 heavy (non-hydrogen) atoms. The Hall–Kier alpha value is -1.26. The Morgan fingerprint density at radius 2 is 2.14 bits per heavy atom. The van der Waals surface area contributed by atoms with Gasteiger partial charge in [0, 0.05) is 31.2 Å². The molecular formula is C17H25ClN2O2. The van der Waals surface area contributed by atoms with Crippen molar-refractivity contribution < 1.29 is 9.53 Å². The molecular weight excluding hydrogens is 300 g/mol. The van der Waals surface area contributed by atoms with Crippen LogP contribution in [0.3, 0.4) is 0 Å². The lowest BCUT2D eigenvalue weighted by Crippen LogP contribution is -2.44. The van der Waals surface area contributed by atoms with Gasteiger partial charge in [-0.2, -0.15) is 0 Å². The molecule has 1 aromatic rings. The first-order valence-corrected chi connectivity index (χ1v) is 7.91. The van der Waals surface area contributed by atoms with Crippen molar-refractivity contribution in [3.63, 3.8) is 0 Å². The number of hydrogen-bond donors (Lipinski definition) is 1. The van der Waals surface area contributed by atoms with E-state index in [2.05, 4.69) is 10.2 Å². The van der Waals surface area contributed by atoms with Crippen molar-refractivity contribution >= 4 is 18.3 Å². The zero-order chi connectivity index (χ0) is 14.7. The fourth-order valence-electron chi connectivity index (χ4n) is 3.66. The van der Waals surface area contributed by atoms with Crippen molar-refractivity contribution in [2.75, 3.05) is 26.7 Å².